The lowest BCUT2D eigenvalue weighted by molar-refractivity contribution is 1.64. The van der Waals surface area contributed by atoms with Crippen LogP contribution in [0.4, 0.5) is 0 Å². The first-order chi connectivity index (χ1) is 29.8. The van der Waals surface area contributed by atoms with Gasteiger partial charge in [0.2, 0.25) is 0 Å². The lowest BCUT2D eigenvalue weighted by Crippen LogP contribution is -2.80. The Morgan fingerprint density at radius 1 is 0.233 bits per heavy atom. The van der Waals surface area contributed by atoms with Crippen LogP contribution in [0, 0.1) is 0 Å². The Kier molecular flexibility index (Phi) is 11.3. The molecule has 0 atom stereocenters. The minimum absolute atomic E-state index is 1.33. The molecule has 0 saturated heterocycles. The van der Waals surface area contributed by atoms with E-state index in [9.17, 15) is 0 Å². The first kappa shape index (κ1) is 38.7. The van der Waals surface area contributed by atoms with Crippen molar-refractivity contribution < 1.29 is 0 Å². The maximum Gasteiger partial charge on any atom is 0.180 e. The molecule has 0 aliphatic heterocycles. The van der Waals surface area contributed by atoms with E-state index in [1.807, 2.05) is 0 Å². The minimum Gasteiger partial charge on any atom is -0.136 e. The Labute approximate surface area is 358 Å². The predicted molar refractivity (Wildman–Crippen MR) is 264 cm³/mol. The Morgan fingerprint density at radius 2 is 0.400 bits per heavy atom. The summed E-state index contributed by atoms with van der Waals surface area (Å²) in [4.78, 5) is 1.39. The topological polar surface area (TPSA) is 0 Å². The third kappa shape index (κ3) is 6.84. The molecule has 0 fully saturated rings. The van der Waals surface area contributed by atoms with Gasteiger partial charge in [0.1, 0.15) is 0 Å². The summed E-state index contributed by atoms with van der Waals surface area (Å²) in [5.74, 6) is 0. The second-order valence-corrected chi connectivity index (χ2v) is 26.9. The van der Waals surface area contributed by atoms with E-state index < -0.39 is 24.2 Å². The van der Waals surface area contributed by atoms with E-state index in [1.165, 1.54) is 51.5 Å². The molecule has 0 N–H and O–H groups in total. The number of benzene rings is 9. The molecule has 0 heterocycles. The lowest BCUT2D eigenvalue weighted by Gasteiger charge is -2.45. The fraction of sp³-hybridized carbons (Fsp3) is 0. The van der Waals surface area contributed by atoms with Crippen LogP contribution >= 0.6 is 0 Å². The number of hydrogen-bond acceptors (Lipinski definition) is 0. The van der Waals surface area contributed by atoms with Crippen molar-refractivity contribution in [2.45, 2.75) is 0 Å². The minimum atomic E-state index is -3.28. The van der Waals surface area contributed by atoms with Gasteiger partial charge in [-0.3, -0.25) is 0 Å². The normalized spacial score (nSPS) is 11.6. The molecule has 0 nitrogen and oxygen atoms in total. The molecule has 0 bridgehead atoms. The van der Waals surface area contributed by atoms with Gasteiger partial charge in [-0.25, -0.2) is 0 Å². The molecule has 286 valence electrons. The second-order valence-electron chi connectivity index (χ2n) is 15.3. The Bertz CT molecular complexity index is 2370. The third-order valence-corrected chi connectivity index (χ3v) is 27.7. The summed E-state index contributed by atoms with van der Waals surface area (Å²) < 4.78 is 0. The van der Waals surface area contributed by atoms with Crippen molar-refractivity contribution in [1.29, 1.82) is 0 Å². The summed E-state index contributed by atoms with van der Waals surface area (Å²) in [5.41, 5.74) is 7.20. The molecule has 0 aromatic heterocycles. The van der Waals surface area contributed by atoms with Crippen molar-refractivity contribution >= 4 is 70.9 Å². The fourth-order valence-corrected chi connectivity index (χ4v) is 27.1. The van der Waals surface area contributed by atoms with Crippen LogP contribution in [0.2, 0.25) is 0 Å². The van der Waals surface area contributed by atoms with Crippen molar-refractivity contribution in [3.63, 3.8) is 0 Å². The molecule has 0 radical (unpaired) electrons. The highest BCUT2D eigenvalue weighted by atomic mass is 28.4. The van der Waals surface area contributed by atoms with Crippen LogP contribution in [0.25, 0.3) is 0 Å². The van der Waals surface area contributed by atoms with Gasteiger partial charge >= 0.3 is 0 Å². The molecule has 9 rings (SSSR count). The zero-order valence-corrected chi connectivity index (χ0v) is 36.6. The monoisotopic (exact) mass is 814 g/mol. The maximum absolute atomic E-state index is 4.61. The predicted octanol–water partition coefficient (Wildman–Crippen LogP) is 7.20. The molecule has 60 heavy (non-hydrogen) atoms. The van der Waals surface area contributed by atoms with Gasteiger partial charge in [-0.1, -0.05) is 273 Å². The van der Waals surface area contributed by atoms with Crippen LogP contribution in [0.15, 0.2) is 289 Å². The summed E-state index contributed by atoms with van der Waals surface area (Å²) in [7, 11) is -9.53. The SMILES string of the molecule is C(=C[Si](c1ccccc1)(c1ccccc1)c1ccccc1)=C([Si](c1ccccc1)(c1ccccc1)c1ccccc1)[Si](c1ccccc1)(c1ccccc1)c1ccccc1. The van der Waals surface area contributed by atoms with Crippen molar-refractivity contribution in [2.75, 3.05) is 0 Å². The van der Waals surface area contributed by atoms with E-state index in [2.05, 4.69) is 284 Å². The van der Waals surface area contributed by atoms with E-state index >= 15 is 0 Å². The first-order valence-electron chi connectivity index (χ1n) is 20.8. The van der Waals surface area contributed by atoms with E-state index in [4.69, 9.17) is 0 Å². The zero-order valence-electron chi connectivity index (χ0n) is 33.6. The van der Waals surface area contributed by atoms with E-state index in [-0.39, 0.29) is 0 Å². The van der Waals surface area contributed by atoms with Gasteiger partial charge < -0.3 is 0 Å². The van der Waals surface area contributed by atoms with Crippen LogP contribution < -0.4 is 46.7 Å². The largest absolute Gasteiger partial charge is 0.180 e. The lowest BCUT2D eigenvalue weighted by atomic mass is 10.3. The van der Waals surface area contributed by atoms with Crippen molar-refractivity contribution in [3.8, 4) is 0 Å². The van der Waals surface area contributed by atoms with Crippen molar-refractivity contribution in [3.05, 3.63) is 289 Å². The Balaban J connectivity index is 1.61. The third-order valence-electron chi connectivity index (χ3n) is 12.1. The van der Waals surface area contributed by atoms with Gasteiger partial charge in [0.15, 0.2) is 24.2 Å². The summed E-state index contributed by atoms with van der Waals surface area (Å²) in [6.07, 6.45) is 0. The standard InChI is InChI=1S/C57H46Si3/c1-10-28-48(29-11-1)58(49-30-12-2-13-31-49,50-32-14-3-15-33-50)47-46-57(59(51-34-16-4-17-35-51,52-36-18-5-19-37-52)53-38-20-6-21-39-53)60(54-40-22-7-23-41-54,55-42-24-8-25-43-55)56-44-26-9-27-45-56/h1-45,47H. The van der Waals surface area contributed by atoms with Crippen LogP contribution in [0.5, 0.6) is 0 Å². The zero-order chi connectivity index (χ0) is 40.5. The molecule has 0 saturated carbocycles. The summed E-state index contributed by atoms with van der Waals surface area (Å²) >= 11 is 0. The quantitative estimate of drug-likeness (QED) is 0.0697. The molecule has 0 aliphatic carbocycles. The molecular weight excluding hydrogens is 769 g/mol. The second kappa shape index (κ2) is 17.6. The van der Waals surface area contributed by atoms with E-state index in [0.29, 0.717) is 0 Å². The molecule has 0 aliphatic rings. The van der Waals surface area contributed by atoms with Gasteiger partial charge in [-0.15, -0.1) is 5.73 Å². The highest BCUT2D eigenvalue weighted by Crippen LogP contribution is 2.28. The van der Waals surface area contributed by atoms with Gasteiger partial charge in [0.25, 0.3) is 0 Å². The Hall–Kier alpha value is -6.85. The van der Waals surface area contributed by atoms with Crippen molar-refractivity contribution in [1.82, 2.24) is 0 Å². The Morgan fingerprint density at radius 3 is 0.583 bits per heavy atom. The van der Waals surface area contributed by atoms with Gasteiger partial charge in [0.05, 0.1) is 0 Å². The van der Waals surface area contributed by atoms with Crippen LogP contribution in [0.3, 0.4) is 0 Å². The summed E-state index contributed by atoms with van der Waals surface area (Å²) in [6, 6.07) is 102. The van der Waals surface area contributed by atoms with Crippen LogP contribution in [0.1, 0.15) is 0 Å². The van der Waals surface area contributed by atoms with E-state index in [0.717, 1.165) is 0 Å². The molecular formula is C57H46Si3. The first-order valence-corrected chi connectivity index (χ1v) is 26.9. The van der Waals surface area contributed by atoms with Crippen molar-refractivity contribution in [2.24, 2.45) is 0 Å². The number of rotatable bonds is 12. The molecule has 9 aromatic rings. The molecule has 9 aromatic carbocycles. The molecule has 0 spiro atoms. The van der Waals surface area contributed by atoms with Gasteiger partial charge in [0, 0.05) is 0 Å². The van der Waals surface area contributed by atoms with Gasteiger partial charge in [-0.05, 0) is 57.2 Å². The van der Waals surface area contributed by atoms with Crippen LogP contribution in [-0.2, 0) is 0 Å². The van der Waals surface area contributed by atoms with Gasteiger partial charge in [-0.2, -0.15) is 0 Å². The summed E-state index contributed by atoms with van der Waals surface area (Å²) in [5, 5.41) is 12.0. The smallest absolute Gasteiger partial charge is 0.136 e. The highest BCUT2D eigenvalue weighted by molar-refractivity contribution is 7.33. The average molecular weight is 815 g/mol. The average Bonchev–Trinajstić information content (AvgIpc) is 3.35. The number of hydrogen-bond donors (Lipinski definition) is 0. The molecule has 3 heteroatoms. The molecule has 0 unspecified atom stereocenters. The molecule has 0 amide bonds. The maximum atomic E-state index is 4.61. The van der Waals surface area contributed by atoms with Crippen LogP contribution in [-0.4, -0.2) is 24.2 Å². The summed E-state index contributed by atoms with van der Waals surface area (Å²) in [6.45, 7) is 0. The fourth-order valence-electron chi connectivity index (χ4n) is 9.53. The highest BCUT2D eigenvalue weighted by Gasteiger charge is 2.56. The van der Waals surface area contributed by atoms with E-state index in [1.54, 1.807) is 0 Å².